The van der Waals surface area contributed by atoms with E-state index in [2.05, 4.69) is 20.0 Å². The molecule has 1 saturated heterocycles. The predicted octanol–water partition coefficient (Wildman–Crippen LogP) is 2.83. The van der Waals surface area contributed by atoms with E-state index < -0.39 is 5.97 Å². The van der Waals surface area contributed by atoms with Crippen molar-refractivity contribution in [1.82, 2.24) is 19.6 Å². The van der Waals surface area contributed by atoms with Crippen LogP contribution in [0.2, 0.25) is 0 Å². The Kier molecular flexibility index (Phi) is 4.43. The van der Waals surface area contributed by atoms with E-state index in [-0.39, 0.29) is 23.5 Å². The first-order chi connectivity index (χ1) is 15.5. The molecule has 3 aromatic heterocycles. The number of hydrogen-bond acceptors (Lipinski definition) is 6. The van der Waals surface area contributed by atoms with Gasteiger partial charge in [0.25, 0.3) is 0 Å². The third kappa shape index (κ3) is 3.31. The molecule has 4 heterocycles. The molecule has 6 rings (SSSR count). The second-order valence-electron chi connectivity index (χ2n) is 9.40. The van der Waals surface area contributed by atoms with Gasteiger partial charge in [-0.25, -0.2) is 18.7 Å². The third-order valence-corrected chi connectivity index (χ3v) is 7.26. The molecule has 166 valence electrons. The first kappa shape index (κ1) is 19.6. The summed E-state index contributed by atoms with van der Waals surface area (Å²) >= 11 is 0. The summed E-state index contributed by atoms with van der Waals surface area (Å²) in [5, 5.41) is 13.5. The molecular weight excluding hydrogens is 411 g/mol. The van der Waals surface area contributed by atoms with Crippen molar-refractivity contribution in [2.75, 3.05) is 11.4 Å². The molecule has 0 bridgehead atoms. The largest absolute Gasteiger partial charge is 0.477 e. The summed E-state index contributed by atoms with van der Waals surface area (Å²) < 4.78 is 15.8. The maximum atomic E-state index is 14.3. The number of aromatic nitrogens is 4. The number of rotatable bonds is 7. The Morgan fingerprint density at radius 1 is 1.34 bits per heavy atom. The van der Waals surface area contributed by atoms with E-state index in [1.165, 1.54) is 29.8 Å². The van der Waals surface area contributed by atoms with Crippen molar-refractivity contribution >= 4 is 17.4 Å². The minimum atomic E-state index is -1.06. The predicted molar refractivity (Wildman–Crippen MR) is 115 cm³/mol. The summed E-state index contributed by atoms with van der Waals surface area (Å²) in [5.74, 6) is 0.857. The van der Waals surface area contributed by atoms with Gasteiger partial charge in [0.15, 0.2) is 5.65 Å². The number of pyridine rings is 1. The number of carboxylic acids is 1. The fraction of sp³-hybridized carbons (Fsp3) is 0.478. The third-order valence-electron chi connectivity index (χ3n) is 7.26. The number of hydrogen-bond donors (Lipinski definition) is 2. The van der Waals surface area contributed by atoms with E-state index in [1.54, 1.807) is 12.3 Å². The van der Waals surface area contributed by atoms with E-state index in [4.69, 9.17) is 5.73 Å². The molecule has 0 spiro atoms. The lowest BCUT2D eigenvalue weighted by molar-refractivity contribution is 0.0698. The van der Waals surface area contributed by atoms with Gasteiger partial charge < -0.3 is 15.7 Å². The first-order valence-corrected chi connectivity index (χ1v) is 11.2. The number of carboxylic acid groups (broad SMARTS) is 1. The van der Waals surface area contributed by atoms with Gasteiger partial charge >= 0.3 is 5.97 Å². The topological polar surface area (TPSA) is 110 Å². The van der Waals surface area contributed by atoms with Crippen LogP contribution in [0.4, 0.5) is 10.2 Å². The minimum Gasteiger partial charge on any atom is -0.477 e. The normalized spacial score (nSPS) is 25.2. The summed E-state index contributed by atoms with van der Waals surface area (Å²) in [6, 6.07) is 3.60. The van der Waals surface area contributed by atoms with Crippen LogP contribution in [0.1, 0.15) is 53.3 Å². The highest BCUT2D eigenvalue weighted by Crippen LogP contribution is 2.57. The van der Waals surface area contributed by atoms with Crippen molar-refractivity contribution in [1.29, 1.82) is 0 Å². The van der Waals surface area contributed by atoms with Crippen LogP contribution in [0, 0.1) is 23.6 Å². The number of fused-ring (bicyclic) bond motifs is 2. The van der Waals surface area contributed by atoms with E-state index in [0.717, 1.165) is 37.1 Å². The summed E-state index contributed by atoms with van der Waals surface area (Å²) in [6.07, 6.45) is 9.41. The zero-order valence-corrected chi connectivity index (χ0v) is 17.6. The summed E-state index contributed by atoms with van der Waals surface area (Å²) in [4.78, 5) is 22.8. The average molecular weight is 436 g/mol. The van der Waals surface area contributed by atoms with Crippen molar-refractivity contribution in [2.24, 2.45) is 23.5 Å². The van der Waals surface area contributed by atoms with Crippen molar-refractivity contribution in [3.05, 3.63) is 53.4 Å². The van der Waals surface area contributed by atoms with Crippen LogP contribution in [-0.2, 0) is 6.42 Å². The standard InChI is InChI=1S/C23H25FN6O2/c24-14-8-16(19(26-9-14)4-3-18(25)12-1-2-12)21-15-7-13(15)11-29(21)20-5-6-30-22(28-20)17(10-27-30)23(31)32/h5-6,8-10,12-13,15,18,21H,1-4,7,11,25H2,(H,31,32)/t13?,15?,18-,21?/m0/s1. The number of piperidine rings is 1. The van der Waals surface area contributed by atoms with Crippen LogP contribution in [0.3, 0.4) is 0 Å². The number of aromatic carboxylic acids is 1. The van der Waals surface area contributed by atoms with Crippen molar-refractivity contribution in [2.45, 2.75) is 44.2 Å². The first-order valence-electron chi connectivity index (χ1n) is 11.2. The smallest absolute Gasteiger partial charge is 0.341 e. The molecule has 3 aliphatic rings. The van der Waals surface area contributed by atoms with Crippen molar-refractivity contribution < 1.29 is 14.3 Å². The fourth-order valence-corrected chi connectivity index (χ4v) is 5.28. The Labute approximate surface area is 184 Å². The highest BCUT2D eigenvalue weighted by atomic mass is 19.1. The minimum absolute atomic E-state index is 0.0264. The lowest BCUT2D eigenvalue weighted by atomic mass is 9.96. The Morgan fingerprint density at radius 2 is 2.19 bits per heavy atom. The van der Waals surface area contributed by atoms with Crippen LogP contribution < -0.4 is 10.6 Å². The van der Waals surface area contributed by atoms with Gasteiger partial charge in [0.2, 0.25) is 0 Å². The lowest BCUT2D eigenvalue weighted by Crippen LogP contribution is -2.29. The quantitative estimate of drug-likeness (QED) is 0.586. The van der Waals surface area contributed by atoms with Crippen molar-refractivity contribution in [3.8, 4) is 0 Å². The molecular formula is C23H25FN6O2. The Morgan fingerprint density at radius 3 is 2.97 bits per heavy atom. The van der Waals surface area contributed by atoms with E-state index in [0.29, 0.717) is 29.2 Å². The Bertz CT molecular complexity index is 1210. The highest BCUT2D eigenvalue weighted by Gasteiger charge is 2.54. The van der Waals surface area contributed by atoms with Gasteiger partial charge in [-0.2, -0.15) is 5.10 Å². The van der Waals surface area contributed by atoms with Gasteiger partial charge in [0.05, 0.1) is 18.4 Å². The van der Waals surface area contributed by atoms with Crippen LogP contribution in [0.25, 0.3) is 5.65 Å². The van der Waals surface area contributed by atoms with Gasteiger partial charge in [-0.05, 0) is 67.6 Å². The average Bonchev–Trinajstić information content (AvgIpc) is 3.69. The van der Waals surface area contributed by atoms with Gasteiger partial charge in [0.1, 0.15) is 17.2 Å². The van der Waals surface area contributed by atoms with Crippen molar-refractivity contribution in [3.63, 3.8) is 0 Å². The highest BCUT2D eigenvalue weighted by molar-refractivity contribution is 5.94. The van der Waals surface area contributed by atoms with Gasteiger partial charge in [-0.3, -0.25) is 4.98 Å². The molecule has 1 aliphatic heterocycles. The maximum absolute atomic E-state index is 14.3. The number of aryl methyl sites for hydroxylation is 1. The number of nitrogens with two attached hydrogens (primary N) is 1. The molecule has 9 heteroatoms. The maximum Gasteiger partial charge on any atom is 0.341 e. The SMILES string of the molecule is N[C@@H](CCc1ncc(F)cc1C1C2CC2CN1c1ccn2ncc(C(=O)O)c2n1)C1CC1. The zero-order valence-electron chi connectivity index (χ0n) is 17.6. The molecule has 4 atom stereocenters. The lowest BCUT2D eigenvalue weighted by Gasteiger charge is -2.30. The number of nitrogens with zero attached hydrogens (tertiary/aromatic N) is 5. The van der Waals surface area contributed by atoms with E-state index in [9.17, 15) is 14.3 Å². The van der Waals surface area contributed by atoms with Crippen LogP contribution in [0.5, 0.6) is 0 Å². The van der Waals surface area contributed by atoms with Gasteiger partial charge in [0, 0.05) is 24.5 Å². The Hall–Kier alpha value is -3.07. The second kappa shape index (κ2) is 7.23. The monoisotopic (exact) mass is 436 g/mol. The molecule has 0 aromatic carbocycles. The molecule has 32 heavy (non-hydrogen) atoms. The molecule has 2 aliphatic carbocycles. The summed E-state index contributed by atoms with van der Waals surface area (Å²) in [7, 11) is 0. The molecule has 2 saturated carbocycles. The molecule has 3 unspecified atom stereocenters. The molecule has 0 amide bonds. The molecule has 3 N–H and O–H groups in total. The fourth-order valence-electron chi connectivity index (χ4n) is 5.28. The van der Waals surface area contributed by atoms with Crippen LogP contribution in [-0.4, -0.2) is 43.2 Å². The molecule has 0 radical (unpaired) electrons. The molecule has 3 fully saturated rings. The summed E-state index contributed by atoms with van der Waals surface area (Å²) in [5.41, 5.74) is 8.50. The number of halogens is 1. The van der Waals surface area contributed by atoms with Gasteiger partial charge in [-0.1, -0.05) is 0 Å². The van der Waals surface area contributed by atoms with Crippen LogP contribution >= 0.6 is 0 Å². The Balaban J connectivity index is 1.35. The number of anilines is 1. The van der Waals surface area contributed by atoms with E-state index >= 15 is 0 Å². The zero-order chi connectivity index (χ0) is 22.0. The van der Waals surface area contributed by atoms with E-state index in [1.807, 2.05) is 6.07 Å². The number of carbonyl (C=O) groups is 1. The van der Waals surface area contributed by atoms with Crippen LogP contribution in [0.15, 0.2) is 30.7 Å². The molecule has 3 aromatic rings. The molecule has 8 nitrogen and oxygen atoms in total. The second-order valence-corrected chi connectivity index (χ2v) is 9.40. The summed E-state index contributed by atoms with van der Waals surface area (Å²) in [6.45, 7) is 0.812. The van der Waals surface area contributed by atoms with Gasteiger partial charge in [-0.15, -0.1) is 0 Å².